The summed E-state index contributed by atoms with van der Waals surface area (Å²) in [5.41, 5.74) is 11.2. The molecule has 0 unspecified atom stereocenters. The molecule has 0 amide bonds. The minimum atomic E-state index is -0.307. The Kier molecular flexibility index (Phi) is 5.72. The summed E-state index contributed by atoms with van der Waals surface area (Å²) in [4.78, 5) is 10.6. The smallest absolute Gasteiger partial charge is 0.235 e. The number of benzene rings is 4. The van der Waals surface area contributed by atoms with E-state index in [-0.39, 0.29) is 5.41 Å². The van der Waals surface area contributed by atoms with Gasteiger partial charge in [0.05, 0.1) is 22.4 Å². The molecule has 0 saturated carbocycles. The normalized spacial score (nSPS) is 16.1. The Balaban J connectivity index is 1.43. The standard InChI is InChI=1S/C42H31N3O/c1-26-16-6-4-9-20-29-28-19-12-15-25-34(28)45(41-43-33-24-14-11-22-31(33)37(44-41)27-17-7-5-8-18-27)38(29)39-35(26)36-30-21-10-13-23-32(30)42(2,3)40(36)46-39/h4-19,21-25H,1,20H2,2-3H3/b9-4-,16-6-. The van der Waals surface area contributed by atoms with Crippen LogP contribution in [0.15, 0.2) is 138 Å². The molecule has 3 heterocycles. The fourth-order valence-electron chi connectivity index (χ4n) is 7.43. The van der Waals surface area contributed by atoms with Gasteiger partial charge in [-0.25, -0.2) is 9.97 Å². The molecule has 46 heavy (non-hydrogen) atoms. The largest absolute Gasteiger partial charge is 0.457 e. The molecule has 0 N–H and O–H groups in total. The summed E-state index contributed by atoms with van der Waals surface area (Å²) in [6, 6.07) is 35.8. The number of hydrogen-bond donors (Lipinski definition) is 0. The summed E-state index contributed by atoms with van der Waals surface area (Å²) in [6.45, 7) is 9.11. The first-order chi connectivity index (χ1) is 22.5. The maximum absolute atomic E-state index is 7.17. The number of allylic oxidation sites excluding steroid dienone is 5. The first kappa shape index (κ1) is 26.6. The zero-order valence-electron chi connectivity index (χ0n) is 25.8. The van der Waals surface area contributed by atoms with Crippen LogP contribution in [0.5, 0.6) is 0 Å². The number of nitrogens with zero attached hydrogens (tertiary/aromatic N) is 3. The fourth-order valence-corrected chi connectivity index (χ4v) is 7.43. The summed E-state index contributed by atoms with van der Waals surface area (Å²) in [5, 5.41) is 2.17. The first-order valence-corrected chi connectivity index (χ1v) is 15.8. The molecule has 4 heteroatoms. The highest BCUT2D eigenvalue weighted by molar-refractivity contribution is 6.01. The average Bonchev–Trinajstić information content (AvgIpc) is 3.71. The van der Waals surface area contributed by atoms with Crippen LogP contribution in [0.2, 0.25) is 0 Å². The van der Waals surface area contributed by atoms with Crippen molar-refractivity contribution < 1.29 is 4.42 Å². The van der Waals surface area contributed by atoms with Crippen LogP contribution in [0, 0.1) is 0 Å². The van der Waals surface area contributed by atoms with E-state index in [0.29, 0.717) is 5.95 Å². The van der Waals surface area contributed by atoms with Gasteiger partial charge < -0.3 is 4.42 Å². The molecule has 0 bridgehead atoms. The highest BCUT2D eigenvalue weighted by Crippen LogP contribution is 2.56. The number of rotatable bonds is 2. The van der Waals surface area contributed by atoms with E-state index in [2.05, 4.69) is 134 Å². The zero-order valence-corrected chi connectivity index (χ0v) is 25.8. The van der Waals surface area contributed by atoms with Crippen LogP contribution in [-0.2, 0) is 11.8 Å². The summed E-state index contributed by atoms with van der Waals surface area (Å²) in [6.07, 6.45) is 9.22. The number of para-hydroxylation sites is 2. The number of furan rings is 1. The molecule has 0 atom stereocenters. The predicted octanol–water partition coefficient (Wildman–Crippen LogP) is 10.5. The van der Waals surface area contributed by atoms with Crippen molar-refractivity contribution >= 4 is 27.4 Å². The van der Waals surface area contributed by atoms with Crippen LogP contribution in [0.3, 0.4) is 0 Å². The van der Waals surface area contributed by atoms with E-state index in [4.69, 9.17) is 14.4 Å². The highest BCUT2D eigenvalue weighted by atomic mass is 16.3. The fraction of sp³-hybridized carbons (Fsp3) is 0.0952. The topological polar surface area (TPSA) is 43.9 Å². The Bertz CT molecular complexity index is 2430. The molecule has 220 valence electrons. The summed E-state index contributed by atoms with van der Waals surface area (Å²) in [5.74, 6) is 2.38. The van der Waals surface area contributed by atoms with Crippen molar-refractivity contribution in [1.82, 2.24) is 14.5 Å². The van der Waals surface area contributed by atoms with Crippen molar-refractivity contribution in [3.05, 3.63) is 156 Å². The van der Waals surface area contributed by atoms with E-state index in [1.54, 1.807) is 0 Å². The van der Waals surface area contributed by atoms with E-state index >= 15 is 0 Å². The first-order valence-electron chi connectivity index (χ1n) is 15.8. The van der Waals surface area contributed by atoms with Gasteiger partial charge in [0.2, 0.25) is 5.95 Å². The van der Waals surface area contributed by atoms with Gasteiger partial charge >= 0.3 is 0 Å². The van der Waals surface area contributed by atoms with Gasteiger partial charge in [0.25, 0.3) is 0 Å². The lowest BCUT2D eigenvalue weighted by Crippen LogP contribution is -2.14. The van der Waals surface area contributed by atoms with Gasteiger partial charge in [-0.2, -0.15) is 0 Å². The molecule has 3 aromatic heterocycles. The van der Waals surface area contributed by atoms with Crippen LogP contribution in [0.1, 0.15) is 36.3 Å². The van der Waals surface area contributed by atoms with Crippen LogP contribution >= 0.6 is 0 Å². The number of hydrogen-bond acceptors (Lipinski definition) is 3. The van der Waals surface area contributed by atoms with E-state index in [1.807, 2.05) is 18.2 Å². The Hall–Kier alpha value is -5.74. The molecule has 0 aliphatic heterocycles. The lowest BCUT2D eigenvalue weighted by atomic mass is 9.86. The second-order valence-electron chi connectivity index (χ2n) is 12.6. The Morgan fingerprint density at radius 1 is 0.761 bits per heavy atom. The molecule has 2 aliphatic carbocycles. The molecule has 0 spiro atoms. The molecular formula is C42H31N3O. The van der Waals surface area contributed by atoms with Gasteiger partial charge in [0, 0.05) is 32.9 Å². The van der Waals surface area contributed by atoms with Crippen molar-refractivity contribution in [3.8, 4) is 39.8 Å². The van der Waals surface area contributed by atoms with Crippen LogP contribution in [0.25, 0.3) is 67.2 Å². The summed E-state index contributed by atoms with van der Waals surface area (Å²) >= 11 is 0. The van der Waals surface area contributed by atoms with Gasteiger partial charge in [0.1, 0.15) is 5.76 Å². The number of aromatic nitrogens is 3. The van der Waals surface area contributed by atoms with Crippen LogP contribution < -0.4 is 0 Å². The third-order valence-corrected chi connectivity index (χ3v) is 9.57. The van der Waals surface area contributed by atoms with Gasteiger partial charge in [-0.15, -0.1) is 0 Å². The molecule has 0 radical (unpaired) electrons. The second kappa shape index (κ2) is 9.88. The lowest BCUT2D eigenvalue weighted by Gasteiger charge is -2.19. The van der Waals surface area contributed by atoms with Gasteiger partial charge in [-0.05, 0) is 54.7 Å². The van der Waals surface area contributed by atoms with Gasteiger partial charge in [-0.1, -0.05) is 122 Å². The van der Waals surface area contributed by atoms with Crippen molar-refractivity contribution in [2.75, 3.05) is 0 Å². The maximum Gasteiger partial charge on any atom is 0.235 e. The Labute approximate surface area is 267 Å². The van der Waals surface area contributed by atoms with Gasteiger partial charge in [0.15, 0.2) is 5.76 Å². The van der Waals surface area contributed by atoms with E-state index in [9.17, 15) is 0 Å². The minimum absolute atomic E-state index is 0.307. The zero-order chi connectivity index (χ0) is 31.0. The Morgan fingerprint density at radius 3 is 2.37 bits per heavy atom. The maximum atomic E-state index is 7.17. The molecule has 0 fully saturated rings. The lowest BCUT2D eigenvalue weighted by molar-refractivity contribution is 0.446. The van der Waals surface area contributed by atoms with Crippen molar-refractivity contribution in [2.45, 2.75) is 25.7 Å². The molecule has 4 nitrogen and oxygen atoms in total. The predicted molar refractivity (Wildman–Crippen MR) is 188 cm³/mol. The van der Waals surface area contributed by atoms with Crippen LogP contribution in [0.4, 0.5) is 0 Å². The van der Waals surface area contributed by atoms with E-state index in [0.717, 1.165) is 73.4 Å². The monoisotopic (exact) mass is 593 g/mol. The van der Waals surface area contributed by atoms with Crippen molar-refractivity contribution in [1.29, 1.82) is 0 Å². The molecular weight excluding hydrogens is 562 g/mol. The van der Waals surface area contributed by atoms with E-state index in [1.165, 1.54) is 16.7 Å². The molecule has 9 rings (SSSR count). The van der Waals surface area contributed by atoms with E-state index < -0.39 is 0 Å². The molecule has 4 aromatic carbocycles. The minimum Gasteiger partial charge on any atom is -0.457 e. The van der Waals surface area contributed by atoms with Gasteiger partial charge in [-0.3, -0.25) is 4.57 Å². The highest BCUT2D eigenvalue weighted by Gasteiger charge is 2.43. The SMILES string of the molecule is C=C1/C=C\C=C/Cc2c(n(-c3nc(-c4ccccc4)c4ccccc4n3)c3ccccc23)-c2oc3c(c21)-c1ccccc1C3(C)C. The second-order valence-corrected chi connectivity index (χ2v) is 12.6. The molecule has 7 aromatic rings. The quantitative estimate of drug-likeness (QED) is 0.200. The average molecular weight is 594 g/mol. The summed E-state index contributed by atoms with van der Waals surface area (Å²) in [7, 11) is 0. The molecule has 2 aliphatic rings. The summed E-state index contributed by atoms with van der Waals surface area (Å²) < 4.78 is 9.39. The third kappa shape index (κ3) is 3.73. The number of fused-ring (bicyclic) bond motifs is 10. The van der Waals surface area contributed by atoms with Crippen molar-refractivity contribution in [3.63, 3.8) is 0 Å². The van der Waals surface area contributed by atoms with Crippen LogP contribution in [-0.4, -0.2) is 14.5 Å². The third-order valence-electron chi connectivity index (χ3n) is 9.57. The molecule has 0 saturated heterocycles. The van der Waals surface area contributed by atoms with Crippen molar-refractivity contribution in [2.24, 2.45) is 0 Å². The Morgan fingerprint density at radius 2 is 1.50 bits per heavy atom.